The number of anilines is 1. The van der Waals surface area contributed by atoms with Crippen LogP contribution >= 0.6 is 0 Å². The summed E-state index contributed by atoms with van der Waals surface area (Å²) in [6, 6.07) is 0. The molecule has 1 unspecified atom stereocenters. The maximum Gasteiger partial charge on any atom is 0.0827 e. The summed E-state index contributed by atoms with van der Waals surface area (Å²) >= 11 is 0. The largest absolute Gasteiger partial charge is 0.368 e. The van der Waals surface area contributed by atoms with E-state index in [0.717, 1.165) is 25.3 Å². The van der Waals surface area contributed by atoms with Crippen molar-refractivity contribution in [1.29, 1.82) is 0 Å². The number of aromatic amines is 1. The molecule has 1 aliphatic rings. The molecule has 0 spiro atoms. The molecule has 15 heavy (non-hydrogen) atoms. The molecular formula is C11H20N4. The van der Waals surface area contributed by atoms with E-state index in [4.69, 9.17) is 5.73 Å². The Morgan fingerprint density at radius 2 is 2.33 bits per heavy atom. The zero-order valence-electron chi connectivity index (χ0n) is 9.58. The SMILES string of the molecule is Cc1n[nH]c(C)c1N1CCCC(CN)C1. The van der Waals surface area contributed by atoms with E-state index in [1.807, 2.05) is 0 Å². The van der Waals surface area contributed by atoms with Gasteiger partial charge in [-0.1, -0.05) is 0 Å². The highest BCUT2D eigenvalue weighted by Gasteiger charge is 2.22. The smallest absolute Gasteiger partial charge is 0.0827 e. The summed E-state index contributed by atoms with van der Waals surface area (Å²) < 4.78 is 0. The number of H-pyrrole nitrogens is 1. The second-order valence-electron chi connectivity index (χ2n) is 4.47. The van der Waals surface area contributed by atoms with Crippen molar-refractivity contribution in [2.24, 2.45) is 11.7 Å². The van der Waals surface area contributed by atoms with Gasteiger partial charge in [0.1, 0.15) is 0 Å². The number of nitrogens with two attached hydrogens (primary N) is 1. The Morgan fingerprint density at radius 1 is 1.53 bits per heavy atom. The van der Waals surface area contributed by atoms with E-state index >= 15 is 0 Å². The van der Waals surface area contributed by atoms with Gasteiger partial charge in [0.2, 0.25) is 0 Å². The van der Waals surface area contributed by atoms with Crippen LogP contribution in [0.4, 0.5) is 5.69 Å². The van der Waals surface area contributed by atoms with Crippen LogP contribution in [0, 0.1) is 19.8 Å². The van der Waals surface area contributed by atoms with E-state index in [1.54, 1.807) is 0 Å². The minimum atomic E-state index is 0.646. The molecule has 2 heterocycles. The maximum absolute atomic E-state index is 5.74. The summed E-state index contributed by atoms with van der Waals surface area (Å²) in [7, 11) is 0. The van der Waals surface area contributed by atoms with Gasteiger partial charge >= 0.3 is 0 Å². The van der Waals surface area contributed by atoms with Crippen molar-refractivity contribution in [2.45, 2.75) is 26.7 Å². The van der Waals surface area contributed by atoms with Gasteiger partial charge < -0.3 is 10.6 Å². The van der Waals surface area contributed by atoms with E-state index in [-0.39, 0.29) is 0 Å². The predicted octanol–water partition coefficient (Wildman–Crippen LogP) is 1.20. The molecular weight excluding hydrogens is 188 g/mol. The highest BCUT2D eigenvalue weighted by Crippen LogP contribution is 2.27. The van der Waals surface area contributed by atoms with Gasteiger partial charge in [-0.3, -0.25) is 5.10 Å². The van der Waals surface area contributed by atoms with Crippen molar-refractivity contribution in [3.05, 3.63) is 11.4 Å². The number of hydrogen-bond acceptors (Lipinski definition) is 3. The third-order valence-corrected chi connectivity index (χ3v) is 3.26. The molecule has 2 rings (SSSR count). The second kappa shape index (κ2) is 4.23. The highest BCUT2D eigenvalue weighted by molar-refractivity contribution is 5.54. The zero-order valence-corrected chi connectivity index (χ0v) is 9.58. The van der Waals surface area contributed by atoms with Crippen molar-refractivity contribution in [3.63, 3.8) is 0 Å². The molecule has 0 amide bonds. The highest BCUT2D eigenvalue weighted by atomic mass is 15.2. The topological polar surface area (TPSA) is 57.9 Å². The Hall–Kier alpha value is -1.03. The Morgan fingerprint density at radius 3 is 2.93 bits per heavy atom. The molecule has 1 aromatic rings. The molecule has 1 aromatic heterocycles. The quantitative estimate of drug-likeness (QED) is 0.768. The molecule has 1 aliphatic heterocycles. The first-order valence-corrected chi connectivity index (χ1v) is 5.69. The summed E-state index contributed by atoms with van der Waals surface area (Å²) in [5.74, 6) is 0.646. The molecule has 4 heteroatoms. The lowest BCUT2D eigenvalue weighted by atomic mass is 9.97. The lowest BCUT2D eigenvalue weighted by molar-refractivity contribution is 0.423. The summed E-state index contributed by atoms with van der Waals surface area (Å²) in [6.45, 7) is 7.16. The van der Waals surface area contributed by atoms with Gasteiger partial charge in [-0.2, -0.15) is 5.10 Å². The third kappa shape index (κ3) is 2.00. The van der Waals surface area contributed by atoms with E-state index in [2.05, 4.69) is 28.9 Å². The Bertz CT molecular complexity index is 312. The van der Waals surface area contributed by atoms with E-state index < -0.39 is 0 Å². The Kier molecular flexibility index (Phi) is 2.95. The maximum atomic E-state index is 5.74. The summed E-state index contributed by atoms with van der Waals surface area (Å²) in [5, 5.41) is 7.29. The number of rotatable bonds is 2. The first-order chi connectivity index (χ1) is 7.22. The summed E-state index contributed by atoms with van der Waals surface area (Å²) in [6.07, 6.45) is 2.51. The molecule has 1 saturated heterocycles. The second-order valence-corrected chi connectivity index (χ2v) is 4.47. The average molecular weight is 208 g/mol. The third-order valence-electron chi connectivity index (χ3n) is 3.26. The normalized spacial score (nSPS) is 22.1. The van der Waals surface area contributed by atoms with Gasteiger partial charge in [0.15, 0.2) is 0 Å². The standard InChI is InChI=1S/C11H20N4/c1-8-11(9(2)14-13-8)15-5-3-4-10(6-12)7-15/h10H,3-7,12H2,1-2H3,(H,13,14). The van der Waals surface area contributed by atoms with Crippen LogP contribution in [0.5, 0.6) is 0 Å². The average Bonchev–Trinajstić information content (AvgIpc) is 2.59. The number of nitrogens with zero attached hydrogens (tertiary/aromatic N) is 2. The van der Waals surface area contributed by atoms with Crippen LogP contribution in [-0.4, -0.2) is 29.8 Å². The van der Waals surface area contributed by atoms with Crippen molar-refractivity contribution in [2.75, 3.05) is 24.5 Å². The van der Waals surface area contributed by atoms with Crippen LogP contribution in [0.3, 0.4) is 0 Å². The van der Waals surface area contributed by atoms with Crippen molar-refractivity contribution in [3.8, 4) is 0 Å². The van der Waals surface area contributed by atoms with Crippen LogP contribution in [0.1, 0.15) is 24.2 Å². The van der Waals surface area contributed by atoms with E-state index in [0.29, 0.717) is 5.92 Å². The fourth-order valence-electron chi connectivity index (χ4n) is 2.47. The van der Waals surface area contributed by atoms with Gasteiger partial charge in [0.05, 0.1) is 17.1 Å². The minimum absolute atomic E-state index is 0.646. The fourth-order valence-corrected chi connectivity index (χ4v) is 2.47. The molecule has 84 valence electrons. The summed E-state index contributed by atoms with van der Waals surface area (Å²) in [5.41, 5.74) is 9.30. The molecule has 0 aliphatic carbocycles. The molecule has 0 bridgehead atoms. The zero-order chi connectivity index (χ0) is 10.8. The molecule has 0 aromatic carbocycles. The van der Waals surface area contributed by atoms with Crippen LogP contribution < -0.4 is 10.6 Å². The fraction of sp³-hybridized carbons (Fsp3) is 0.727. The van der Waals surface area contributed by atoms with Gasteiger partial charge in [-0.15, -0.1) is 0 Å². The van der Waals surface area contributed by atoms with Gasteiger partial charge in [-0.25, -0.2) is 0 Å². The number of piperidine rings is 1. The molecule has 4 nitrogen and oxygen atoms in total. The van der Waals surface area contributed by atoms with Crippen LogP contribution in [0.2, 0.25) is 0 Å². The minimum Gasteiger partial charge on any atom is -0.368 e. The van der Waals surface area contributed by atoms with Crippen LogP contribution in [-0.2, 0) is 0 Å². The van der Waals surface area contributed by atoms with Gasteiger partial charge in [0, 0.05) is 13.1 Å². The van der Waals surface area contributed by atoms with Crippen molar-refractivity contribution >= 4 is 5.69 Å². The number of nitrogens with one attached hydrogen (secondary N) is 1. The molecule has 3 N–H and O–H groups in total. The van der Waals surface area contributed by atoms with E-state index in [1.165, 1.54) is 24.2 Å². The Labute approximate surface area is 90.8 Å². The lowest BCUT2D eigenvalue weighted by Crippen LogP contribution is -2.38. The summed E-state index contributed by atoms with van der Waals surface area (Å²) in [4.78, 5) is 2.43. The van der Waals surface area contributed by atoms with Gasteiger partial charge in [-0.05, 0) is 39.2 Å². The van der Waals surface area contributed by atoms with Crippen LogP contribution in [0.25, 0.3) is 0 Å². The lowest BCUT2D eigenvalue weighted by Gasteiger charge is -2.33. The first kappa shape index (κ1) is 10.5. The molecule has 0 radical (unpaired) electrons. The molecule has 1 atom stereocenters. The number of aromatic nitrogens is 2. The van der Waals surface area contributed by atoms with Gasteiger partial charge in [0.25, 0.3) is 0 Å². The number of aryl methyl sites for hydroxylation is 2. The van der Waals surface area contributed by atoms with Crippen molar-refractivity contribution in [1.82, 2.24) is 10.2 Å². The van der Waals surface area contributed by atoms with Crippen molar-refractivity contribution < 1.29 is 0 Å². The first-order valence-electron chi connectivity index (χ1n) is 5.69. The Balaban J connectivity index is 2.16. The monoisotopic (exact) mass is 208 g/mol. The number of hydrogen-bond donors (Lipinski definition) is 2. The van der Waals surface area contributed by atoms with Crippen LogP contribution in [0.15, 0.2) is 0 Å². The van der Waals surface area contributed by atoms with E-state index in [9.17, 15) is 0 Å². The molecule has 0 saturated carbocycles. The molecule has 1 fully saturated rings. The predicted molar refractivity (Wildman–Crippen MR) is 62.1 cm³/mol.